The van der Waals surface area contributed by atoms with Gasteiger partial charge in [-0.25, -0.2) is 21.1 Å². The zero-order chi connectivity index (χ0) is 24.8. The van der Waals surface area contributed by atoms with Crippen molar-refractivity contribution in [3.8, 4) is 5.75 Å². The number of nitro groups is 1. The Bertz CT molecular complexity index is 1210. The summed E-state index contributed by atoms with van der Waals surface area (Å²) in [5.74, 6) is -0.251. The average molecular weight is 501 g/mol. The molecule has 2 rings (SSSR count). The molecule has 0 bridgehead atoms. The molecule has 0 aliphatic rings. The standard InChI is InChI=1S/C19H24N4O8S2/c1-21(2)33(29,30)18-9-7-17(8-10-18)31-12-11-20-19(24)14-22(32(3,27)28)15-5-4-6-16(13-15)23(25)26/h4-10,13H,11-12,14H2,1-3H3,(H,20,24). The molecule has 0 atom stereocenters. The van der Waals surface area contributed by atoms with E-state index >= 15 is 0 Å². The first-order valence-electron chi connectivity index (χ1n) is 9.46. The lowest BCUT2D eigenvalue weighted by atomic mass is 10.3. The molecule has 2 aromatic carbocycles. The molecule has 0 unspecified atom stereocenters. The predicted molar refractivity (Wildman–Crippen MR) is 121 cm³/mol. The summed E-state index contributed by atoms with van der Waals surface area (Å²) < 4.78 is 55.6. The van der Waals surface area contributed by atoms with Crippen LogP contribution in [0.5, 0.6) is 5.75 Å². The van der Waals surface area contributed by atoms with Crippen molar-refractivity contribution in [1.82, 2.24) is 9.62 Å². The highest BCUT2D eigenvalue weighted by Crippen LogP contribution is 2.23. The Hall–Kier alpha value is -3.23. The third kappa shape index (κ3) is 7.13. The van der Waals surface area contributed by atoms with Gasteiger partial charge in [-0.3, -0.25) is 19.2 Å². The van der Waals surface area contributed by atoms with E-state index in [4.69, 9.17) is 4.74 Å². The highest BCUT2D eigenvalue weighted by atomic mass is 32.2. The van der Waals surface area contributed by atoms with E-state index in [-0.39, 0.29) is 29.4 Å². The predicted octanol–water partition coefficient (Wildman–Crippen LogP) is 0.806. The second-order valence-electron chi connectivity index (χ2n) is 7.00. The van der Waals surface area contributed by atoms with E-state index in [1.807, 2.05) is 0 Å². The van der Waals surface area contributed by atoms with Gasteiger partial charge in [-0.2, -0.15) is 0 Å². The molecule has 12 nitrogen and oxygen atoms in total. The minimum Gasteiger partial charge on any atom is -0.492 e. The highest BCUT2D eigenvalue weighted by Gasteiger charge is 2.22. The number of rotatable bonds is 11. The van der Waals surface area contributed by atoms with Crippen molar-refractivity contribution in [2.24, 2.45) is 0 Å². The number of carbonyl (C=O) groups is 1. The Labute approximate surface area is 192 Å². The minimum atomic E-state index is -3.89. The number of amides is 1. The van der Waals surface area contributed by atoms with Crippen LogP contribution in [0.2, 0.25) is 0 Å². The fourth-order valence-corrected chi connectivity index (χ4v) is 4.38. The molecule has 0 saturated heterocycles. The number of nitrogens with one attached hydrogen (secondary N) is 1. The van der Waals surface area contributed by atoms with Crippen LogP contribution < -0.4 is 14.4 Å². The van der Waals surface area contributed by atoms with Crippen molar-refractivity contribution in [1.29, 1.82) is 0 Å². The van der Waals surface area contributed by atoms with Crippen LogP contribution in [-0.2, 0) is 24.8 Å². The van der Waals surface area contributed by atoms with Crippen LogP contribution in [0.1, 0.15) is 0 Å². The number of carbonyl (C=O) groups excluding carboxylic acids is 1. The molecule has 33 heavy (non-hydrogen) atoms. The summed E-state index contributed by atoms with van der Waals surface area (Å²) in [5, 5.41) is 13.5. The quantitative estimate of drug-likeness (QED) is 0.270. The molecule has 0 aliphatic carbocycles. The number of ether oxygens (including phenoxy) is 1. The van der Waals surface area contributed by atoms with Gasteiger partial charge in [0.1, 0.15) is 18.9 Å². The van der Waals surface area contributed by atoms with Crippen LogP contribution in [-0.4, -0.2) is 72.0 Å². The van der Waals surface area contributed by atoms with Crippen LogP contribution in [0.3, 0.4) is 0 Å². The Morgan fingerprint density at radius 1 is 1.09 bits per heavy atom. The number of sulfonamides is 2. The third-order valence-electron chi connectivity index (χ3n) is 4.31. The number of hydrogen-bond donors (Lipinski definition) is 1. The lowest BCUT2D eigenvalue weighted by Crippen LogP contribution is -2.41. The molecule has 0 fully saturated rings. The van der Waals surface area contributed by atoms with Gasteiger partial charge in [0.25, 0.3) is 5.69 Å². The van der Waals surface area contributed by atoms with E-state index in [1.165, 1.54) is 56.6 Å². The Morgan fingerprint density at radius 3 is 2.27 bits per heavy atom. The van der Waals surface area contributed by atoms with Crippen LogP contribution in [0.15, 0.2) is 53.4 Å². The molecule has 0 heterocycles. The number of hydrogen-bond acceptors (Lipinski definition) is 8. The van der Waals surface area contributed by atoms with E-state index in [1.54, 1.807) is 0 Å². The fourth-order valence-electron chi connectivity index (χ4n) is 2.63. The van der Waals surface area contributed by atoms with Gasteiger partial charge in [0, 0.05) is 26.2 Å². The number of benzene rings is 2. The van der Waals surface area contributed by atoms with Crippen LogP contribution in [0, 0.1) is 10.1 Å². The van der Waals surface area contributed by atoms with Gasteiger partial charge < -0.3 is 10.1 Å². The van der Waals surface area contributed by atoms with Crippen molar-refractivity contribution in [2.75, 3.05) is 44.4 Å². The zero-order valence-electron chi connectivity index (χ0n) is 18.2. The number of nitro benzene ring substituents is 1. The smallest absolute Gasteiger partial charge is 0.271 e. The second-order valence-corrected chi connectivity index (χ2v) is 11.1. The molecule has 0 radical (unpaired) electrons. The summed E-state index contributed by atoms with van der Waals surface area (Å²) in [6.45, 7) is -0.485. The summed E-state index contributed by atoms with van der Waals surface area (Å²) >= 11 is 0. The van der Waals surface area contributed by atoms with Crippen molar-refractivity contribution in [3.63, 3.8) is 0 Å². The number of nitrogens with zero attached hydrogens (tertiary/aromatic N) is 3. The van der Waals surface area contributed by atoms with Gasteiger partial charge in [-0.15, -0.1) is 0 Å². The van der Waals surface area contributed by atoms with Gasteiger partial charge in [0.2, 0.25) is 26.0 Å². The molecule has 14 heteroatoms. The van der Waals surface area contributed by atoms with Crippen LogP contribution in [0.25, 0.3) is 0 Å². The summed E-state index contributed by atoms with van der Waals surface area (Å²) in [7, 11) is -4.59. The first kappa shape index (κ1) is 26.0. The highest BCUT2D eigenvalue weighted by molar-refractivity contribution is 7.92. The Morgan fingerprint density at radius 2 is 1.73 bits per heavy atom. The molecule has 0 saturated carbocycles. The number of anilines is 1. The Balaban J connectivity index is 1.93. The topological polar surface area (TPSA) is 156 Å². The van der Waals surface area contributed by atoms with Gasteiger partial charge in [-0.1, -0.05) is 6.07 Å². The molecule has 2 aromatic rings. The maximum atomic E-state index is 12.2. The largest absolute Gasteiger partial charge is 0.492 e. The van der Waals surface area contributed by atoms with Crippen molar-refractivity contribution < 1.29 is 31.3 Å². The van der Waals surface area contributed by atoms with Crippen molar-refractivity contribution in [2.45, 2.75) is 4.90 Å². The summed E-state index contributed by atoms with van der Waals surface area (Å²) in [4.78, 5) is 22.6. The summed E-state index contributed by atoms with van der Waals surface area (Å²) in [6, 6.07) is 10.7. The van der Waals surface area contributed by atoms with Gasteiger partial charge in [0.05, 0.1) is 28.3 Å². The van der Waals surface area contributed by atoms with Gasteiger partial charge in [-0.05, 0) is 30.3 Å². The summed E-state index contributed by atoms with van der Waals surface area (Å²) in [5.41, 5.74) is -0.315. The maximum absolute atomic E-state index is 12.2. The third-order valence-corrected chi connectivity index (χ3v) is 7.28. The fraction of sp³-hybridized carbons (Fsp3) is 0.316. The number of non-ortho nitro benzene ring substituents is 1. The maximum Gasteiger partial charge on any atom is 0.271 e. The molecule has 0 aliphatic heterocycles. The molecule has 1 amide bonds. The van der Waals surface area contributed by atoms with E-state index in [9.17, 15) is 31.7 Å². The van der Waals surface area contributed by atoms with Crippen molar-refractivity contribution >= 4 is 37.3 Å². The van der Waals surface area contributed by atoms with E-state index in [0.29, 0.717) is 5.75 Å². The Kier molecular flexibility index (Phi) is 8.35. The second kappa shape index (κ2) is 10.6. The minimum absolute atomic E-state index is 0.00846. The molecule has 0 spiro atoms. The first-order chi connectivity index (χ1) is 15.3. The van der Waals surface area contributed by atoms with Crippen LogP contribution >= 0.6 is 0 Å². The van der Waals surface area contributed by atoms with E-state index < -0.39 is 37.4 Å². The molecular formula is C19H24N4O8S2. The average Bonchev–Trinajstić information content (AvgIpc) is 2.74. The molecule has 1 N–H and O–H groups in total. The molecule has 180 valence electrons. The summed E-state index contributed by atoms with van der Waals surface area (Å²) in [6.07, 6.45) is 0.891. The lowest BCUT2D eigenvalue weighted by Gasteiger charge is -2.21. The molecule has 0 aromatic heterocycles. The van der Waals surface area contributed by atoms with Gasteiger partial charge in [0.15, 0.2) is 0 Å². The normalized spacial score (nSPS) is 11.8. The zero-order valence-corrected chi connectivity index (χ0v) is 19.8. The van der Waals surface area contributed by atoms with Crippen molar-refractivity contribution in [3.05, 3.63) is 58.6 Å². The SMILES string of the molecule is CN(C)S(=O)(=O)c1ccc(OCCNC(=O)CN(c2cccc([N+](=O)[O-])c2)S(C)(=O)=O)cc1. The van der Waals surface area contributed by atoms with Gasteiger partial charge >= 0.3 is 0 Å². The monoisotopic (exact) mass is 500 g/mol. The van der Waals surface area contributed by atoms with Crippen LogP contribution in [0.4, 0.5) is 11.4 Å². The first-order valence-corrected chi connectivity index (χ1v) is 12.8. The molecular weight excluding hydrogens is 476 g/mol. The van der Waals surface area contributed by atoms with E-state index in [0.717, 1.165) is 20.9 Å². The lowest BCUT2D eigenvalue weighted by molar-refractivity contribution is -0.384. The van der Waals surface area contributed by atoms with E-state index in [2.05, 4.69) is 5.32 Å².